The number of aromatic nitrogens is 4. The van der Waals surface area contributed by atoms with Crippen LogP contribution in [0.3, 0.4) is 0 Å². The molecule has 114 valence electrons. The molecule has 0 bridgehead atoms. The van der Waals surface area contributed by atoms with Crippen LogP contribution in [0.1, 0.15) is 22.1 Å². The van der Waals surface area contributed by atoms with E-state index in [4.69, 9.17) is 4.42 Å². The summed E-state index contributed by atoms with van der Waals surface area (Å²) in [6.45, 7) is 3.64. The zero-order valence-electron chi connectivity index (χ0n) is 12.6. The normalized spacial score (nSPS) is 11.2. The maximum Gasteiger partial charge on any atom is 0.255 e. The highest BCUT2D eigenvalue weighted by Gasteiger charge is 2.10. The predicted octanol–water partition coefficient (Wildman–Crippen LogP) is 2.74. The Labute approximate surface area is 131 Å². The fourth-order valence-electron chi connectivity index (χ4n) is 2.47. The van der Waals surface area contributed by atoms with Gasteiger partial charge in [-0.05, 0) is 31.2 Å². The van der Waals surface area contributed by atoms with Crippen molar-refractivity contribution in [3.05, 3.63) is 53.8 Å². The van der Waals surface area contributed by atoms with Gasteiger partial charge in [-0.2, -0.15) is 0 Å². The van der Waals surface area contributed by atoms with Gasteiger partial charge >= 0.3 is 0 Å². The Morgan fingerprint density at radius 2 is 2.04 bits per heavy atom. The zero-order valence-corrected chi connectivity index (χ0v) is 12.6. The molecule has 0 spiro atoms. The summed E-state index contributed by atoms with van der Waals surface area (Å²) in [7, 11) is 0. The Balaban J connectivity index is 1.64. The van der Waals surface area contributed by atoms with E-state index in [0.717, 1.165) is 11.3 Å². The Hall–Kier alpha value is -3.22. The lowest BCUT2D eigenvalue weighted by molar-refractivity contribution is 0.102. The molecule has 23 heavy (non-hydrogen) atoms. The minimum Gasteiger partial charge on any atom is -0.441 e. The second-order valence-corrected chi connectivity index (χ2v) is 5.26. The quantitative estimate of drug-likeness (QED) is 0.615. The van der Waals surface area contributed by atoms with Gasteiger partial charge < -0.3 is 9.73 Å². The summed E-state index contributed by atoms with van der Waals surface area (Å²) in [6, 6.07) is 8.80. The molecule has 0 fully saturated rings. The van der Waals surface area contributed by atoms with Gasteiger partial charge in [0, 0.05) is 30.4 Å². The monoisotopic (exact) mass is 307 g/mol. The molecule has 0 atom stereocenters. The van der Waals surface area contributed by atoms with Crippen LogP contribution in [-0.2, 0) is 0 Å². The number of hydrogen-bond donors (Lipinski definition) is 1. The smallest absolute Gasteiger partial charge is 0.255 e. The van der Waals surface area contributed by atoms with E-state index in [1.165, 1.54) is 0 Å². The van der Waals surface area contributed by atoms with Crippen LogP contribution in [0.2, 0.25) is 0 Å². The second kappa shape index (κ2) is 4.91. The van der Waals surface area contributed by atoms with Crippen LogP contribution in [0.15, 0.2) is 40.9 Å². The van der Waals surface area contributed by atoms with E-state index in [0.29, 0.717) is 28.4 Å². The van der Waals surface area contributed by atoms with Crippen molar-refractivity contribution in [2.45, 2.75) is 13.8 Å². The van der Waals surface area contributed by atoms with Gasteiger partial charge in [-0.3, -0.25) is 9.20 Å². The van der Waals surface area contributed by atoms with Gasteiger partial charge in [0.15, 0.2) is 17.1 Å². The van der Waals surface area contributed by atoms with Crippen LogP contribution >= 0.6 is 0 Å². The molecule has 1 amide bonds. The number of carbonyl (C=O) groups excluding carboxylic acids is 1. The number of anilines is 1. The van der Waals surface area contributed by atoms with Crippen molar-refractivity contribution in [3.8, 4) is 0 Å². The number of aryl methyl sites for hydroxylation is 2. The summed E-state index contributed by atoms with van der Waals surface area (Å²) in [4.78, 5) is 16.6. The molecule has 0 saturated carbocycles. The highest BCUT2D eigenvalue weighted by atomic mass is 16.3. The fourth-order valence-corrected chi connectivity index (χ4v) is 2.47. The molecule has 1 aromatic carbocycles. The number of amides is 1. The number of pyridine rings is 1. The summed E-state index contributed by atoms with van der Waals surface area (Å²) in [5.41, 5.74) is 3.20. The van der Waals surface area contributed by atoms with Crippen molar-refractivity contribution in [2.75, 3.05) is 5.32 Å². The third-order valence-electron chi connectivity index (χ3n) is 3.60. The van der Waals surface area contributed by atoms with E-state index in [2.05, 4.69) is 20.5 Å². The number of hydrogen-bond acceptors (Lipinski definition) is 5. The van der Waals surface area contributed by atoms with Gasteiger partial charge in [0.2, 0.25) is 0 Å². The van der Waals surface area contributed by atoms with Crippen molar-refractivity contribution >= 4 is 28.3 Å². The molecule has 7 heteroatoms. The topological polar surface area (TPSA) is 85.3 Å². The third-order valence-corrected chi connectivity index (χ3v) is 3.60. The molecule has 3 heterocycles. The first-order chi connectivity index (χ1) is 11.1. The summed E-state index contributed by atoms with van der Waals surface area (Å²) < 4.78 is 7.29. The fraction of sp³-hybridized carbons (Fsp3) is 0.125. The van der Waals surface area contributed by atoms with E-state index in [1.54, 1.807) is 37.4 Å². The molecule has 0 aliphatic carbocycles. The number of carbonyl (C=O) groups is 1. The lowest BCUT2D eigenvalue weighted by atomic mass is 10.2. The lowest BCUT2D eigenvalue weighted by Crippen LogP contribution is -2.12. The molecule has 0 radical (unpaired) electrons. The molecule has 4 rings (SSSR count). The van der Waals surface area contributed by atoms with Crippen molar-refractivity contribution in [3.63, 3.8) is 0 Å². The van der Waals surface area contributed by atoms with Crippen LogP contribution in [0.25, 0.3) is 16.7 Å². The molecule has 1 N–H and O–H groups in total. The Bertz CT molecular complexity index is 1050. The maximum atomic E-state index is 12.4. The van der Waals surface area contributed by atoms with E-state index < -0.39 is 0 Å². The number of oxazole rings is 1. The van der Waals surface area contributed by atoms with E-state index >= 15 is 0 Å². The molecule has 3 aromatic heterocycles. The third kappa shape index (κ3) is 2.32. The maximum absolute atomic E-state index is 12.4. The van der Waals surface area contributed by atoms with Gasteiger partial charge in [0.05, 0.1) is 0 Å². The lowest BCUT2D eigenvalue weighted by Gasteiger charge is -2.05. The molecule has 0 saturated heterocycles. The van der Waals surface area contributed by atoms with Crippen LogP contribution in [0.4, 0.5) is 5.69 Å². The summed E-state index contributed by atoms with van der Waals surface area (Å²) in [5, 5.41) is 10.8. The number of rotatable bonds is 2. The Morgan fingerprint density at radius 1 is 1.17 bits per heavy atom. The van der Waals surface area contributed by atoms with Gasteiger partial charge in [0.25, 0.3) is 5.91 Å². The van der Waals surface area contributed by atoms with E-state index in [9.17, 15) is 4.79 Å². The summed E-state index contributed by atoms with van der Waals surface area (Å²) in [5.74, 6) is 1.15. The minimum absolute atomic E-state index is 0.219. The average Bonchev–Trinajstić information content (AvgIpc) is 3.08. The first-order valence-corrected chi connectivity index (χ1v) is 7.10. The van der Waals surface area contributed by atoms with Crippen molar-refractivity contribution in [1.82, 2.24) is 19.6 Å². The van der Waals surface area contributed by atoms with Gasteiger partial charge in [-0.1, -0.05) is 0 Å². The molecule has 0 aliphatic heterocycles. The number of fused-ring (bicyclic) bond motifs is 2. The predicted molar refractivity (Wildman–Crippen MR) is 84.4 cm³/mol. The van der Waals surface area contributed by atoms with Gasteiger partial charge in [0.1, 0.15) is 11.3 Å². The minimum atomic E-state index is -0.219. The van der Waals surface area contributed by atoms with Crippen molar-refractivity contribution < 1.29 is 9.21 Å². The Morgan fingerprint density at radius 3 is 2.91 bits per heavy atom. The second-order valence-electron chi connectivity index (χ2n) is 5.26. The largest absolute Gasteiger partial charge is 0.441 e. The SMILES string of the molecule is Cc1nc2ccc(NC(=O)c3ccn4c(C)nnc4c3)cc2o1. The van der Waals surface area contributed by atoms with Gasteiger partial charge in [-0.15, -0.1) is 10.2 Å². The molecule has 7 nitrogen and oxygen atoms in total. The highest BCUT2D eigenvalue weighted by molar-refractivity contribution is 6.05. The summed E-state index contributed by atoms with van der Waals surface area (Å²) >= 11 is 0. The number of benzene rings is 1. The van der Waals surface area contributed by atoms with Crippen LogP contribution in [0, 0.1) is 13.8 Å². The molecular formula is C16H13N5O2. The molecule has 0 unspecified atom stereocenters. The molecular weight excluding hydrogens is 294 g/mol. The number of nitrogens with zero attached hydrogens (tertiary/aromatic N) is 4. The van der Waals surface area contributed by atoms with Crippen molar-refractivity contribution in [1.29, 1.82) is 0 Å². The Kier molecular flexibility index (Phi) is 2.87. The van der Waals surface area contributed by atoms with Crippen LogP contribution < -0.4 is 5.32 Å². The first kappa shape index (κ1) is 13.4. The van der Waals surface area contributed by atoms with Gasteiger partial charge in [-0.25, -0.2) is 4.98 Å². The van der Waals surface area contributed by atoms with Crippen LogP contribution in [0.5, 0.6) is 0 Å². The molecule has 0 aliphatic rings. The summed E-state index contributed by atoms with van der Waals surface area (Å²) in [6.07, 6.45) is 1.78. The average molecular weight is 307 g/mol. The van der Waals surface area contributed by atoms with Crippen molar-refractivity contribution in [2.24, 2.45) is 0 Å². The van der Waals surface area contributed by atoms with Crippen LogP contribution in [-0.4, -0.2) is 25.5 Å². The first-order valence-electron chi connectivity index (χ1n) is 7.10. The van der Waals surface area contributed by atoms with E-state index in [-0.39, 0.29) is 5.91 Å². The zero-order chi connectivity index (χ0) is 16.0. The highest BCUT2D eigenvalue weighted by Crippen LogP contribution is 2.20. The van der Waals surface area contributed by atoms with E-state index in [1.807, 2.05) is 17.4 Å². The number of nitrogens with one attached hydrogen (secondary N) is 1. The molecule has 4 aromatic rings. The standard InChI is InChI=1S/C16H13N5O2/c1-9-19-20-15-7-11(5-6-21(9)15)16(22)18-12-3-4-13-14(8-12)23-10(2)17-13/h3-8H,1-2H3,(H,18,22).